The summed E-state index contributed by atoms with van der Waals surface area (Å²) < 4.78 is 16.2. The van der Waals surface area contributed by atoms with Crippen molar-refractivity contribution in [2.45, 2.75) is 20.0 Å². The molecule has 0 unspecified atom stereocenters. The van der Waals surface area contributed by atoms with Crippen LogP contribution in [-0.2, 0) is 0 Å². The largest absolute Gasteiger partial charge is 0.493 e. The molecule has 23 heavy (non-hydrogen) atoms. The van der Waals surface area contributed by atoms with Crippen molar-refractivity contribution in [2.75, 3.05) is 7.11 Å². The minimum atomic E-state index is -0.557. The zero-order chi connectivity index (χ0) is 16.8. The molecular weight excluding hydrogens is 296 g/mol. The standard InChI is InChI=1S/C18H18O5/c1-12(2)22-15-7-5-4-6-14(15)18(20)23-16-9-8-13(11-19)10-17(16)21-3/h4-12H,1-3H3. The molecule has 2 rings (SSSR count). The third kappa shape index (κ3) is 4.10. The van der Waals surface area contributed by atoms with Crippen molar-refractivity contribution < 1.29 is 23.8 Å². The van der Waals surface area contributed by atoms with Crippen LogP contribution >= 0.6 is 0 Å². The first-order valence-corrected chi connectivity index (χ1v) is 7.16. The summed E-state index contributed by atoms with van der Waals surface area (Å²) in [6, 6.07) is 11.4. The maximum Gasteiger partial charge on any atom is 0.347 e. The number of hydrogen-bond donors (Lipinski definition) is 0. The van der Waals surface area contributed by atoms with Gasteiger partial charge in [-0.2, -0.15) is 0 Å². The Balaban J connectivity index is 2.28. The topological polar surface area (TPSA) is 61.8 Å². The van der Waals surface area contributed by atoms with Gasteiger partial charge in [0.15, 0.2) is 11.5 Å². The molecule has 0 aliphatic heterocycles. The molecule has 0 bridgehead atoms. The molecule has 0 fully saturated rings. The molecule has 120 valence electrons. The number of carbonyl (C=O) groups excluding carboxylic acids is 2. The summed E-state index contributed by atoms with van der Waals surface area (Å²) in [7, 11) is 1.44. The van der Waals surface area contributed by atoms with Gasteiger partial charge in [0.25, 0.3) is 0 Å². The molecule has 0 N–H and O–H groups in total. The number of rotatable bonds is 6. The molecule has 0 spiro atoms. The lowest BCUT2D eigenvalue weighted by Crippen LogP contribution is -2.14. The second kappa shape index (κ2) is 7.45. The highest BCUT2D eigenvalue weighted by molar-refractivity contribution is 5.94. The van der Waals surface area contributed by atoms with Gasteiger partial charge in [-0.1, -0.05) is 12.1 Å². The number of aldehydes is 1. The zero-order valence-electron chi connectivity index (χ0n) is 13.2. The Kier molecular flexibility index (Phi) is 5.36. The molecule has 5 heteroatoms. The summed E-state index contributed by atoms with van der Waals surface area (Å²) in [5, 5.41) is 0. The van der Waals surface area contributed by atoms with Gasteiger partial charge in [-0.3, -0.25) is 4.79 Å². The Morgan fingerprint density at radius 1 is 1.04 bits per heavy atom. The van der Waals surface area contributed by atoms with Crippen LogP contribution in [0.3, 0.4) is 0 Å². The van der Waals surface area contributed by atoms with Crippen molar-refractivity contribution >= 4 is 12.3 Å². The van der Waals surface area contributed by atoms with Crippen LogP contribution < -0.4 is 14.2 Å². The van der Waals surface area contributed by atoms with E-state index in [1.165, 1.54) is 19.2 Å². The number of benzene rings is 2. The van der Waals surface area contributed by atoms with Crippen molar-refractivity contribution in [3.63, 3.8) is 0 Å². The van der Waals surface area contributed by atoms with Crippen molar-refractivity contribution in [1.29, 1.82) is 0 Å². The fraction of sp³-hybridized carbons (Fsp3) is 0.222. The van der Waals surface area contributed by atoms with E-state index in [0.29, 0.717) is 28.9 Å². The van der Waals surface area contributed by atoms with Crippen molar-refractivity contribution in [1.82, 2.24) is 0 Å². The normalized spacial score (nSPS) is 10.3. The third-order valence-corrected chi connectivity index (χ3v) is 3.00. The van der Waals surface area contributed by atoms with Gasteiger partial charge in [-0.05, 0) is 44.2 Å². The van der Waals surface area contributed by atoms with Crippen molar-refractivity contribution in [3.05, 3.63) is 53.6 Å². The van der Waals surface area contributed by atoms with Crippen molar-refractivity contribution in [2.24, 2.45) is 0 Å². The van der Waals surface area contributed by atoms with E-state index >= 15 is 0 Å². The maximum absolute atomic E-state index is 12.4. The SMILES string of the molecule is COc1cc(C=O)ccc1OC(=O)c1ccccc1OC(C)C. The lowest BCUT2D eigenvalue weighted by Gasteiger charge is -2.14. The van der Waals surface area contributed by atoms with Crippen LogP contribution in [0.25, 0.3) is 0 Å². The average Bonchev–Trinajstić information content (AvgIpc) is 2.55. The number of hydrogen-bond acceptors (Lipinski definition) is 5. The molecule has 0 radical (unpaired) electrons. The molecule has 0 amide bonds. The first-order chi connectivity index (χ1) is 11.0. The van der Waals surface area contributed by atoms with E-state index in [1.54, 1.807) is 30.3 Å². The smallest absolute Gasteiger partial charge is 0.347 e. The van der Waals surface area contributed by atoms with Gasteiger partial charge in [0.2, 0.25) is 0 Å². The summed E-state index contributed by atoms with van der Waals surface area (Å²) in [5.41, 5.74) is 0.757. The Morgan fingerprint density at radius 3 is 2.43 bits per heavy atom. The fourth-order valence-corrected chi connectivity index (χ4v) is 1.99. The number of carbonyl (C=O) groups is 2. The predicted molar refractivity (Wildman–Crippen MR) is 85.5 cm³/mol. The van der Waals surface area contributed by atoms with Gasteiger partial charge < -0.3 is 14.2 Å². The summed E-state index contributed by atoms with van der Waals surface area (Å²) in [5.74, 6) is 0.446. The van der Waals surface area contributed by atoms with E-state index in [9.17, 15) is 9.59 Å². The Bertz CT molecular complexity index is 706. The highest BCUT2D eigenvalue weighted by Crippen LogP contribution is 2.29. The number of methoxy groups -OCH3 is 1. The highest BCUT2D eigenvalue weighted by Gasteiger charge is 2.17. The monoisotopic (exact) mass is 314 g/mol. The van der Waals surface area contributed by atoms with E-state index < -0.39 is 5.97 Å². The molecule has 0 atom stereocenters. The van der Waals surface area contributed by atoms with E-state index in [2.05, 4.69) is 0 Å². The molecule has 2 aromatic rings. The molecule has 0 aliphatic rings. The maximum atomic E-state index is 12.4. The minimum absolute atomic E-state index is 0.0645. The van der Waals surface area contributed by atoms with Gasteiger partial charge in [0, 0.05) is 5.56 Å². The molecule has 5 nitrogen and oxygen atoms in total. The summed E-state index contributed by atoms with van der Waals surface area (Å²) in [4.78, 5) is 23.2. The fourth-order valence-electron chi connectivity index (χ4n) is 1.99. The third-order valence-electron chi connectivity index (χ3n) is 3.00. The molecule has 0 heterocycles. The number of esters is 1. The van der Waals surface area contributed by atoms with Crippen LogP contribution in [0.4, 0.5) is 0 Å². The first-order valence-electron chi connectivity index (χ1n) is 7.16. The van der Waals surface area contributed by atoms with E-state index in [0.717, 1.165) is 0 Å². The number of ether oxygens (including phenoxy) is 3. The molecule has 0 aromatic heterocycles. The molecule has 0 saturated heterocycles. The molecular formula is C18H18O5. The Morgan fingerprint density at radius 2 is 1.78 bits per heavy atom. The van der Waals surface area contributed by atoms with Crippen LogP contribution in [0, 0.1) is 0 Å². The van der Waals surface area contributed by atoms with Gasteiger partial charge in [-0.15, -0.1) is 0 Å². The van der Waals surface area contributed by atoms with Gasteiger partial charge in [0.1, 0.15) is 17.6 Å². The zero-order valence-corrected chi connectivity index (χ0v) is 13.2. The van der Waals surface area contributed by atoms with Crippen LogP contribution in [0.15, 0.2) is 42.5 Å². The van der Waals surface area contributed by atoms with Crippen LogP contribution in [-0.4, -0.2) is 25.5 Å². The second-order valence-electron chi connectivity index (χ2n) is 5.08. The van der Waals surface area contributed by atoms with E-state index in [1.807, 2.05) is 13.8 Å². The predicted octanol–water partition coefficient (Wildman–Crippen LogP) is 3.51. The molecule has 0 saturated carbocycles. The first kappa shape index (κ1) is 16.5. The lowest BCUT2D eigenvalue weighted by atomic mass is 10.2. The van der Waals surface area contributed by atoms with Crippen LogP contribution in [0.5, 0.6) is 17.2 Å². The lowest BCUT2D eigenvalue weighted by molar-refractivity contribution is 0.0723. The van der Waals surface area contributed by atoms with Crippen LogP contribution in [0.1, 0.15) is 34.6 Å². The highest BCUT2D eigenvalue weighted by atomic mass is 16.6. The van der Waals surface area contributed by atoms with Gasteiger partial charge in [-0.25, -0.2) is 4.79 Å². The van der Waals surface area contributed by atoms with E-state index in [4.69, 9.17) is 14.2 Å². The Hall–Kier alpha value is -2.82. The summed E-state index contributed by atoms with van der Waals surface area (Å²) in [6.07, 6.45) is 0.630. The average molecular weight is 314 g/mol. The minimum Gasteiger partial charge on any atom is -0.493 e. The van der Waals surface area contributed by atoms with Crippen molar-refractivity contribution in [3.8, 4) is 17.2 Å². The van der Waals surface area contributed by atoms with E-state index in [-0.39, 0.29) is 11.9 Å². The molecule has 2 aromatic carbocycles. The molecule has 0 aliphatic carbocycles. The summed E-state index contributed by atoms with van der Waals surface area (Å²) >= 11 is 0. The second-order valence-corrected chi connectivity index (χ2v) is 5.08. The quantitative estimate of drug-likeness (QED) is 0.464. The van der Waals surface area contributed by atoms with Crippen LogP contribution in [0.2, 0.25) is 0 Å². The number of para-hydroxylation sites is 1. The van der Waals surface area contributed by atoms with Gasteiger partial charge >= 0.3 is 5.97 Å². The van der Waals surface area contributed by atoms with Gasteiger partial charge in [0.05, 0.1) is 13.2 Å². The Labute approximate surface area is 134 Å². The summed E-state index contributed by atoms with van der Waals surface area (Å²) in [6.45, 7) is 3.76.